The molecule has 0 saturated carbocycles. The second kappa shape index (κ2) is 5.11. The van der Waals surface area contributed by atoms with Crippen molar-refractivity contribution in [1.82, 2.24) is 14.8 Å². The third-order valence-corrected chi connectivity index (χ3v) is 3.72. The molecule has 1 aromatic rings. The predicted octanol–water partition coefficient (Wildman–Crippen LogP) is 0.816. The van der Waals surface area contributed by atoms with Gasteiger partial charge in [0.15, 0.2) is 0 Å². The summed E-state index contributed by atoms with van der Waals surface area (Å²) in [6, 6.07) is 3.48. The van der Waals surface area contributed by atoms with Gasteiger partial charge in [-0.2, -0.15) is 0 Å². The molecule has 1 saturated heterocycles. The van der Waals surface area contributed by atoms with Gasteiger partial charge in [-0.05, 0) is 26.0 Å². The maximum atomic E-state index is 12.6. The van der Waals surface area contributed by atoms with Gasteiger partial charge in [-0.1, -0.05) is 0 Å². The topological polar surface area (TPSA) is 65.5 Å². The van der Waals surface area contributed by atoms with Crippen LogP contribution in [0.3, 0.4) is 0 Å². The quantitative estimate of drug-likeness (QED) is 0.868. The monoisotopic (exact) mass is 276 g/mol. The molecule has 1 N–H and O–H groups in total. The Labute approximate surface area is 118 Å². The minimum atomic E-state index is -0.846. The van der Waals surface area contributed by atoms with E-state index in [1.54, 1.807) is 56.1 Å². The molecule has 108 valence electrons. The van der Waals surface area contributed by atoms with Crippen molar-refractivity contribution in [3.63, 3.8) is 0 Å². The first kappa shape index (κ1) is 14.3. The summed E-state index contributed by atoms with van der Waals surface area (Å²) in [5.74, 6) is -0.268. The Hall–Kier alpha value is -2.11. The van der Waals surface area contributed by atoms with E-state index in [0.717, 1.165) is 5.69 Å². The van der Waals surface area contributed by atoms with Crippen molar-refractivity contribution in [2.24, 2.45) is 0 Å². The third kappa shape index (κ3) is 2.33. The van der Waals surface area contributed by atoms with Gasteiger partial charge in [0.1, 0.15) is 11.2 Å². The van der Waals surface area contributed by atoms with Gasteiger partial charge in [-0.15, -0.1) is 0 Å². The van der Waals surface area contributed by atoms with Crippen molar-refractivity contribution >= 4 is 17.5 Å². The number of carbonyl (C=O) groups excluding carboxylic acids is 2. The number of rotatable bonds is 2. The number of nitrogens with one attached hydrogen (secondary N) is 1. The maximum Gasteiger partial charge on any atom is 0.273 e. The lowest BCUT2D eigenvalue weighted by atomic mass is 9.97. The van der Waals surface area contributed by atoms with E-state index < -0.39 is 5.54 Å². The first-order valence-electron chi connectivity index (χ1n) is 6.59. The minimum Gasteiger partial charge on any atom is -0.388 e. The summed E-state index contributed by atoms with van der Waals surface area (Å²) in [7, 11) is 3.54. The van der Waals surface area contributed by atoms with Crippen LogP contribution in [0.2, 0.25) is 0 Å². The lowest BCUT2D eigenvalue weighted by Crippen LogP contribution is -2.63. The van der Waals surface area contributed by atoms with E-state index >= 15 is 0 Å². The number of amides is 2. The number of carbonyl (C=O) groups is 2. The summed E-state index contributed by atoms with van der Waals surface area (Å²) < 4.78 is 0. The SMILES string of the molecule is CNc1ccnc(C(=O)N2CCN(C)C(=O)C2(C)C)c1. The van der Waals surface area contributed by atoms with Crippen molar-refractivity contribution < 1.29 is 9.59 Å². The second-order valence-electron chi connectivity index (χ2n) is 5.42. The molecule has 0 radical (unpaired) electrons. The zero-order valence-corrected chi connectivity index (χ0v) is 12.3. The van der Waals surface area contributed by atoms with Crippen LogP contribution >= 0.6 is 0 Å². The molecule has 2 heterocycles. The van der Waals surface area contributed by atoms with E-state index in [1.807, 2.05) is 0 Å². The smallest absolute Gasteiger partial charge is 0.273 e. The number of pyridine rings is 1. The van der Waals surface area contributed by atoms with Crippen LogP contribution < -0.4 is 5.32 Å². The molecule has 1 fully saturated rings. The average Bonchev–Trinajstić information content (AvgIpc) is 2.44. The first-order valence-corrected chi connectivity index (χ1v) is 6.59. The molecule has 1 aliphatic heterocycles. The van der Waals surface area contributed by atoms with Gasteiger partial charge in [0.05, 0.1) is 0 Å². The van der Waals surface area contributed by atoms with Gasteiger partial charge in [0.25, 0.3) is 5.91 Å². The summed E-state index contributed by atoms with van der Waals surface area (Å²) in [6.45, 7) is 4.59. The highest BCUT2D eigenvalue weighted by molar-refractivity contribution is 5.98. The van der Waals surface area contributed by atoms with Crippen molar-refractivity contribution in [1.29, 1.82) is 0 Å². The number of nitrogens with zero attached hydrogens (tertiary/aromatic N) is 3. The Morgan fingerprint density at radius 2 is 2.10 bits per heavy atom. The standard InChI is InChI=1S/C14H20N4O2/c1-14(2)13(20)17(4)7-8-18(14)12(19)11-9-10(15-3)5-6-16-11/h5-6,9H,7-8H2,1-4H3,(H,15,16). The molecular weight excluding hydrogens is 256 g/mol. The number of hydrogen-bond donors (Lipinski definition) is 1. The number of aromatic nitrogens is 1. The Balaban J connectivity index is 2.30. The lowest BCUT2D eigenvalue weighted by Gasteiger charge is -2.44. The highest BCUT2D eigenvalue weighted by Crippen LogP contribution is 2.24. The highest BCUT2D eigenvalue weighted by atomic mass is 16.2. The fourth-order valence-electron chi connectivity index (χ4n) is 2.41. The molecule has 0 spiro atoms. The van der Waals surface area contributed by atoms with Crippen molar-refractivity contribution in [3.05, 3.63) is 24.0 Å². The largest absolute Gasteiger partial charge is 0.388 e. The first-order chi connectivity index (χ1) is 9.37. The van der Waals surface area contributed by atoms with Gasteiger partial charge < -0.3 is 15.1 Å². The molecule has 6 heteroatoms. The third-order valence-electron chi connectivity index (χ3n) is 3.72. The summed E-state index contributed by atoms with van der Waals surface area (Å²) >= 11 is 0. The molecule has 0 bridgehead atoms. The Bertz CT molecular complexity index is 542. The van der Waals surface area contributed by atoms with Crippen LogP contribution in [-0.4, -0.2) is 59.3 Å². The normalized spacial score (nSPS) is 18.1. The lowest BCUT2D eigenvalue weighted by molar-refractivity contribution is -0.144. The molecule has 1 aliphatic rings. The number of hydrogen-bond acceptors (Lipinski definition) is 4. The molecule has 2 rings (SSSR count). The summed E-state index contributed by atoms with van der Waals surface area (Å²) in [6.07, 6.45) is 1.59. The van der Waals surface area contributed by atoms with Gasteiger partial charge in [-0.25, -0.2) is 0 Å². The molecule has 6 nitrogen and oxygen atoms in total. The number of anilines is 1. The van der Waals surface area contributed by atoms with Gasteiger partial charge in [-0.3, -0.25) is 14.6 Å². The fourth-order valence-corrected chi connectivity index (χ4v) is 2.41. The van der Waals surface area contributed by atoms with E-state index in [0.29, 0.717) is 18.8 Å². The Kier molecular flexibility index (Phi) is 3.65. The number of likely N-dealkylation sites (N-methyl/N-ethyl adjacent to an activating group) is 1. The van der Waals surface area contributed by atoms with Crippen LogP contribution in [0.25, 0.3) is 0 Å². The van der Waals surface area contributed by atoms with Gasteiger partial charge >= 0.3 is 0 Å². The maximum absolute atomic E-state index is 12.6. The molecule has 0 aromatic carbocycles. The molecule has 0 atom stereocenters. The molecule has 1 aromatic heterocycles. The van der Waals surface area contributed by atoms with E-state index in [4.69, 9.17) is 0 Å². The van der Waals surface area contributed by atoms with Crippen molar-refractivity contribution in [2.75, 3.05) is 32.5 Å². The van der Waals surface area contributed by atoms with Crippen molar-refractivity contribution in [3.8, 4) is 0 Å². The molecule has 0 aliphatic carbocycles. The fraction of sp³-hybridized carbons (Fsp3) is 0.500. The predicted molar refractivity (Wildman–Crippen MR) is 76.5 cm³/mol. The summed E-state index contributed by atoms with van der Waals surface area (Å²) in [4.78, 5) is 32.2. The van der Waals surface area contributed by atoms with Crippen LogP contribution in [0.5, 0.6) is 0 Å². The Morgan fingerprint density at radius 3 is 2.75 bits per heavy atom. The van der Waals surface area contributed by atoms with E-state index in [9.17, 15) is 9.59 Å². The average molecular weight is 276 g/mol. The van der Waals surface area contributed by atoms with E-state index in [1.165, 1.54) is 0 Å². The van der Waals surface area contributed by atoms with Crippen LogP contribution in [0, 0.1) is 0 Å². The van der Waals surface area contributed by atoms with Crippen LogP contribution in [0.4, 0.5) is 5.69 Å². The zero-order valence-electron chi connectivity index (χ0n) is 12.3. The zero-order chi connectivity index (χ0) is 14.9. The Morgan fingerprint density at radius 1 is 1.40 bits per heavy atom. The highest BCUT2D eigenvalue weighted by Gasteiger charge is 2.43. The summed E-state index contributed by atoms with van der Waals surface area (Å²) in [5.41, 5.74) is 0.324. The minimum absolute atomic E-state index is 0.0538. The van der Waals surface area contributed by atoms with Crippen LogP contribution in [-0.2, 0) is 4.79 Å². The number of piperazine rings is 1. The molecule has 2 amide bonds. The van der Waals surface area contributed by atoms with Crippen LogP contribution in [0.15, 0.2) is 18.3 Å². The van der Waals surface area contributed by atoms with Crippen LogP contribution in [0.1, 0.15) is 24.3 Å². The second-order valence-corrected chi connectivity index (χ2v) is 5.42. The van der Waals surface area contributed by atoms with E-state index in [-0.39, 0.29) is 11.8 Å². The molecule has 20 heavy (non-hydrogen) atoms. The molecule has 0 unspecified atom stereocenters. The van der Waals surface area contributed by atoms with Crippen molar-refractivity contribution in [2.45, 2.75) is 19.4 Å². The molecular formula is C14H20N4O2. The van der Waals surface area contributed by atoms with Gasteiger partial charge in [0, 0.05) is 39.1 Å². The summed E-state index contributed by atoms with van der Waals surface area (Å²) in [5, 5.41) is 2.98. The van der Waals surface area contributed by atoms with E-state index in [2.05, 4.69) is 10.3 Å². The van der Waals surface area contributed by atoms with Gasteiger partial charge in [0.2, 0.25) is 5.91 Å².